The first-order chi connectivity index (χ1) is 13.0. The number of imide groups is 1. The van der Waals surface area contributed by atoms with E-state index in [1.165, 1.54) is 0 Å². The smallest absolute Gasteiger partial charge is 0.306 e. The summed E-state index contributed by atoms with van der Waals surface area (Å²) in [7, 11) is 0. The molecule has 0 saturated heterocycles. The standard InChI is InChI=1S/C20H15BrN2O4/c21-15-7-8-16-17(10-15)20(26)23(19(16)25)9-3-6-18(24)27-12-14-5-2-1-4-13(14)11-22/h1-2,4-5,7-8,10H,3,6,9,12H2. The van der Waals surface area contributed by atoms with E-state index in [2.05, 4.69) is 15.9 Å². The van der Waals surface area contributed by atoms with Crippen LogP contribution < -0.4 is 0 Å². The second-order valence-corrected chi connectivity index (χ2v) is 6.90. The van der Waals surface area contributed by atoms with Gasteiger partial charge >= 0.3 is 5.97 Å². The Kier molecular flexibility index (Phi) is 5.67. The molecule has 2 amide bonds. The fraction of sp³-hybridized carbons (Fsp3) is 0.200. The summed E-state index contributed by atoms with van der Waals surface area (Å²) in [5, 5.41) is 9.02. The summed E-state index contributed by atoms with van der Waals surface area (Å²) < 4.78 is 5.91. The van der Waals surface area contributed by atoms with Crippen molar-refractivity contribution in [2.75, 3.05) is 6.54 Å². The Bertz CT molecular complexity index is 965. The lowest BCUT2D eigenvalue weighted by molar-refractivity contribution is -0.145. The van der Waals surface area contributed by atoms with E-state index < -0.39 is 5.97 Å². The van der Waals surface area contributed by atoms with Crippen LogP contribution in [-0.2, 0) is 16.1 Å². The van der Waals surface area contributed by atoms with Crippen LogP contribution in [-0.4, -0.2) is 29.2 Å². The number of ether oxygens (including phenoxy) is 1. The number of hydrogen-bond donors (Lipinski definition) is 0. The highest BCUT2D eigenvalue weighted by Crippen LogP contribution is 2.26. The number of nitriles is 1. The first-order valence-electron chi connectivity index (χ1n) is 8.30. The monoisotopic (exact) mass is 426 g/mol. The van der Waals surface area contributed by atoms with Gasteiger partial charge in [-0.15, -0.1) is 0 Å². The van der Waals surface area contributed by atoms with Crippen LogP contribution in [0.5, 0.6) is 0 Å². The van der Waals surface area contributed by atoms with Gasteiger partial charge in [0.1, 0.15) is 6.61 Å². The summed E-state index contributed by atoms with van der Waals surface area (Å²) in [6.07, 6.45) is 0.386. The largest absolute Gasteiger partial charge is 0.461 e. The molecule has 136 valence electrons. The van der Waals surface area contributed by atoms with Crippen molar-refractivity contribution in [3.63, 3.8) is 0 Å². The van der Waals surface area contributed by atoms with E-state index >= 15 is 0 Å². The maximum absolute atomic E-state index is 12.4. The summed E-state index contributed by atoms with van der Waals surface area (Å²) in [4.78, 5) is 37.7. The van der Waals surface area contributed by atoms with Gasteiger partial charge in [0, 0.05) is 23.0 Å². The molecule has 0 N–H and O–H groups in total. The highest BCUT2D eigenvalue weighted by molar-refractivity contribution is 9.10. The SMILES string of the molecule is N#Cc1ccccc1COC(=O)CCCN1C(=O)c2ccc(Br)cc2C1=O. The first-order valence-corrected chi connectivity index (χ1v) is 9.10. The van der Waals surface area contributed by atoms with Crippen molar-refractivity contribution in [1.29, 1.82) is 5.26 Å². The van der Waals surface area contributed by atoms with Crippen molar-refractivity contribution >= 4 is 33.7 Å². The van der Waals surface area contributed by atoms with E-state index in [-0.39, 0.29) is 31.4 Å². The number of amides is 2. The second kappa shape index (κ2) is 8.14. The molecule has 0 fully saturated rings. The lowest BCUT2D eigenvalue weighted by Gasteiger charge is -2.13. The van der Waals surface area contributed by atoms with Crippen molar-refractivity contribution in [2.45, 2.75) is 19.4 Å². The van der Waals surface area contributed by atoms with Crippen LogP contribution in [0.3, 0.4) is 0 Å². The van der Waals surface area contributed by atoms with Gasteiger partial charge in [0.2, 0.25) is 0 Å². The van der Waals surface area contributed by atoms with E-state index in [1.807, 2.05) is 6.07 Å². The minimum absolute atomic E-state index is 0.0175. The third kappa shape index (κ3) is 4.07. The molecule has 3 rings (SSSR count). The van der Waals surface area contributed by atoms with Gasteiger partial charge in [-0.2, -0.15) is 5.26 Å². The molecule has 0 bridgehead atoms. The Labute approximate surface area is 164 Å². The quantitative estimate of drug-likeness (QED) is 0.521. The topological polar surface area (TPSA) is 87.5 Å². The third-order valence-corrected chi connectivity index (χ3v) is 4.72. The number of hydrogen-bond acceptors (Lipinski definition) is 5. The summed E-state index contributed by atoms with van der Waals surface area (Å²) in [5.74, 6) is -1.14. The van der Waals surface area contributed by atoms with Gasteiger partial charge in [0.05, 0.1) is 22.8 Å². The minimum atomic E-state index is -0.443. The maximum Gasteiger partial charge on any atom is 0.306 e. The zero-order valence-electron chi connectivity index (χ0n) is 14.3. The number of halogens is 1. The predicted molar refractivity (Wildman–Crippen MR) is 99.7 cm³/mol. The highest BCUT2D eigenvalue weighted by Gasteiger charge is 2.35. The lowest BCUT2D eigenvalue weighted by Crippen LogP contribution is -2.31. The third-order valence-electron chi connectivity index (χ3n) is 4.22. The zero-order chi connectivity index (χ0) is 19.4. The number of carbonyl (C=O) groups excluding carboxylic acids is 3. The number of rotatable bonds is 6. The average molecular weight is 427 g/mol. The Balaban J connectivity index is 1.50. The van der Waals surface area contributed by atoms with Gasteiger partial charge in [-0.3, -0.25) is 19.3 Å². The van der Waals surface area contributed by atoms with Gasteiger partial charge in [-0.05, 0) is 30.7 Å². The number of benzene rings is 2. The molecule has 0 spiro atoms. The maximum atomic E-state index is 12.4. The van der Waals surface area contributed by atoms with Crippen molar-refractivity contribution in [3.05, 3.63) is 69.2 Å². The fourth-order valence-corrected chi connectivity index (χ4v) is 3.19. The molecule has 1 aliphatic heterocycles. The first kappa shape index (κ1) is 18.8. The Morgan fingerprint density at radius 1 is 1.11 bits per heavy atom. The molecule has 0 radical (unpaired) electrons. The summed E-state index contributed by atoms with van der Waals surface area (Å²) in [6.45, 7) is 0.164. The molecular weight excluding hydrogens is 412 g/mol. The van der Waals surface area contributed by atoms with Crippen molar-refractivity contribution in [3.8, 4) is 6.07 Å². The molecule has 0 aliphatic carbocycles. The van der Waals surface area contributed by atoms with Crippen LogP contribution >= 0.6 is 15.9 Å². The van der Waals surface area contributed by atoms with E-state index in [0.29, 0.717) is 28.7 Å². The minimum Gasteiger partial charge on any atom is -0.461 e. The van der Waals surface area contributed by atoms with Crippen LogP contribution in [0.2, 0.25) is 0 Å². The number of fused-ring (bicyclic) bond motifs is 1. The molecule has 1 heterocycles. The Morgan fingerprint density at radius 3 is 2.63 bits per heavy atom. The molecule has 6 nitrogen and oxygen atoms in total. The van der Waals surface area contributed by atoms with Crippen LogP contribution in [0.15, 0.2) is 46.9 Å². The molecule has 0 saturated carbocycles. The van der Waals surface area contributed by atoms with Gasteiger partial charge < -0.3 is 4.74 Å². The Morgan fingerprint density at radius 2 is 1.85 bits per heavy atom. The predicted octanol–water partition coefficient (Wildman–Crippen LogP) is 3.44. The van der Waals surface area contributed by atoms with Gasteiger partial charge in [0.15, 0.2) is 0 Å². The molecule has 0 atom stereocenters. The van der Waals surface area contributed by atoms with Crippen LogP contribution in [0.25, 0.3) is 0 Å². The van der Waals surface area contributed by atoms with Gasteiger partial charge in [0.25, 0.3) is 11.8 Å². The summed E-state index contributed by atoms with van der Waals surface area (Å²) >= 11 is 3.29. The number of nitrogens with zero attached hydrogens (tertiary/aromatic N) is 2. The van der Waals surface area contributed by atoms with E-state index in [9.17, 15) is 14.4 Å². The van der Waals surface area contributed by atoms with Gasteiger partial charge in [-0.1, -0.05) is 34.1 Å². The molecule has 0 unspecified atom stereocenters. The molecule has 2 aromatic rings. The second-order valence-electron chi connectivity index (χ2n) is 5.99. The number of esters is 1. The van der Waals surface area contributed by atoms with E-state index in [1.54, 1.807) is 42.5 Å². The van der Waals surface area contributed by atoms with Crippen LogP contribution in [0.1, 0.15) is 44.7 Å². The fourth-order valence-electron chi connectivity index (χ4n) is 2.83. The molecule has 1 aliphatic rings. The molecule has 2 aromatic carbocycles. The molecule has 0 aromatic heterocycles. The summed E-state index contributed by atoms with van der Waals surface area (Å²) in [5.41, 5.74) is 1.84. The van der Waals surface area contributed by atoms with Crippen molar-refractivity contribution in [2.24, 2.45) is 0 Å². The van der Waals surface area contributed by atoms with Crippen LogP contribution in [0.4, 0.5) is 0 Å². The Hall–Kier alpha value is -2.98. The highest BCUT2D eigenvalue weighted by atomic mass is 79.9. The van der Waals surface area contributed by atoms with Gasteiger partial charge in [-0.25, -0.2) is 0 Å². The average Bonchev–Trinajstić information content (AvgIpc) is 2.90. The molecule has 27 heavy (non-hydrogen) atoms. The van der Waals surface area contributed by atoms with E-state index in [4.69, 9.17) is 10.00 Å². The zero-order valence-corrected chi connectivity index (χ0v) is 15.9. The summed E-state index contributed by atoms with van der Waals surface area (Å²) in [6, 6.07) is 13.9. The normalized spacial score (nSPS) is 12.7. The number of carbonyl (C=O) groups is 3. The van der Waals surface area contributed by atoms with Crippen molar-refractivity contribution < 1.29 is 19.1 Å². The van der Waals surface area contributed by atoms with Crippen molar-refractivity contribution in [1.82, 2.24) is 4.90 Å². The molecule has 7 heteroatoms. The van der Waals surface area contributed by atoms with E-state index in [0.717, 1.165) is 9.37 Å². The molecular formula is C20H15BrN2O4. The van der Waals surface area contributed by atoms with Crippen LogP contribution in [0, 0.1) is 11.3 Å². The lowest BCUT2D eigenvalue weighted by atomic mass is 10.1.